The van der Waals surface area contributed by atoms with Gasteiger partial charge < -0.3 is 10.2 Å². The first-order valence-electron chi connectivity index (χ1n) is 7.10. The summed E-state index contributed by atoms with van der Waals surface area (Å²) in [6.45, 7) is 12.0. The summed E-state index contributed by atoms with van der Waals surface area (Å²) in [6.07, 6.45) is 0. The highest BCUT2D eigenvalue weighted by Gasteiger charge is 2.08. The van der Waals surface area contributed by atoms with Crippen LogP contribution in [0.2, 0.25) is 0 Å². The molecule has 1 rings (SSSR count). The summed E-state index contributed by atoms with van der Waals surface area (Å²) >= 11 is 3.69. The molecule has 0 radical (unpaired) electrons. The van der Waals surface area contributed by atoms with Gasteiger partial charge in [0.1, 0.15) is 0 Å². The molecule has 2 nitrogen and oxygen atoms in total. The molecule has 0 unspecified atom stereocenters. The second-order valence-electron chi connectivity index (χ2n) is 6.08. The fourth-order valence-corrected chi connectivity index (χ4v) is 2.85. The van der Waals surface area contributed by atoms with Crippen LogP contribution in [-0.2, 0) is 6.54 Å². The van der Waals surface area contributed by atoms with Gasteiger partial charge in [-0.25, -0.2) is 0 Å². The van der Waals surface area contributed by atoms with Gasteiger partial charge in [-0.3, -0.25) is 0 Å². The van der Waals surface area contributed by atoms with Crippen molar-refractivity contribution in [3.05, 3.63) is 28.2 Å². The summed E-state index contributed by atoms with van der Waals surface area (Å²) in [4.78, 5) is 2.31. The minimum atomic E-state index is 0.671. The summed E-state index contributed by atoms with van der Waals surface area (Å²) in [5.41, 5.74) is 2.59. The van der Waals surface area contributed by atoms with Crippen LogP contribution in [0.3, 0.4) is 0 Å². The maximum atomic E-state index is 3.69. The summed E-state index contributed by atoms with van der Waals surface area (Å²) in [7, 11) is 2.15. The first-order chi connectivity index (χ1) is 8.90. The third-order valence-electron chi connectivity index (χ3n) is 2.94. The predicted molar refractivity (Wildman–Crippen MR) is 88.8 cm³/mol. The van der Waals surface area contributed by atoms with E-state index in [2.05, 4.69) is 79.1 Å². The Morgan fingerprint density at radius 1 is 1.16 bits per heavy atom. The van der Waals surface area contributed by atoms with E-state index in [1.165, 1.54) is 15.7 Å². The zero-order valence-electron chi connectivity index (χ0n) is 12.8. The van der Waals surface area contributed by atoms with E-state index in [1.807, 2.05) is 0 Å². The minimum Gasteiger partial charge on any atom is -0.373 e. The van der Waals surface area contributed by atoms with Crippen LogP contribution >= 0.6 is 15.9 Å². The highest BCUT2D eigenvalue weighted by Crippen LogP contribution is 2.27. The molecule has 0 heterocycles. The van der Waals surface area contributed by atoms with Crippen molar-refractivity contribution in [3.8, 4) is 0 Å². The number of nitrogens with zero attached hydrogens (tertiary/aromatic N) is 1. The molecule has 0 saturated heterocycles. The lowest BCUT2D eigenvalue weighted by Gasteiger charge is -2.23. The van der Waals surface area contributed by atoms with E-state index in [0.29, 0.717) is 11.8 Å². The van der Waals surface area contributed by atoms with Gasteiger partial charge in [0.15, 0.2) is 0 Å². The second-order valence-corrected chi connectivity index (χ2v) is 6.94. The van der Waals surface area contributed by atoms with Gasteiger partial charge in [-0.15, -0.1) is 0 Å². The molecule has 0 saturated carbocycles. The fraction of sp³-hybridized carbons (Fsp3) is 0.625. The van der Waals surface area contributed by atoms with E-state index in [0.717, 1.165) is 19.6 Å². The van der Waals surface area contributed by atoms with Crippen molar-refractivity contribution in [2.45, 2.75) is 34.2 Å². The molecule has 1 aromatic rings. The van der Waals surface area contributed by atoms with Gasteiger partial charge in [0.2, 0.25) is 0 Å². The van der Waals surface area contributed by atoms with Gasteiger partial charge in [0.25, 0.3) is 0 Å². The van der Waals surface area contributed by atoms with Gasteiger partial charge >= 0.3 is 0 Å². The van der Waals surface area contributed by atoms with Crippen LogP contribution in [0, 0.1) is 11.8 Å². The maximum Gasteiger partial charge on any atom is 0.0508 e. The summed E-state index contributed by atoms with van der Waals surface area (Å²) < 4.78 is 1.18. The first-order valence-corrected chi connectivity index (χ1v) is 7.89. The Hall–Kier alpha value is -0.540. The predicted octanol–water partition coefficient (Wildman–Crippen LogP) is 4.29. The molecule has 0 bridgehead atoms. The molecule has 0 aromatic heterocycles. The van der Waals surface area contributed by atoms with Crippen molar-refractivity contribution >= 4 is 21.6 Å². The van der Waals surface area contributed by atoms with Gasteiger partial charge in [-0.2, -0.15) is 0 Å². The van der Waals surface area contributed by atoms with Gasteiger partial charge in [-0.1, -0.05) is 33.8 Å². The Labute approximate surface area is 126 Å². The lowest BCUT2D eigenvalue weighted by atomic mass is 10.1. The molecule has 19 heavy (non-hydrogen) atoms. The second kappa shape index (κ2) is 7.91. The number of halogens is 1. The lowest BCUT2D eigenvalue weighted by molar-refractivity contribution is 0.552. The van der Waals surface area contributed by atoms with Crippen molar-refractivity contribution in [2.24, 2.45) is 11.8 Å². The number of nitrogens with one attached hydrogen (secondary N) is 1. The van der Waals surface area contributed by atoms with E-state index >= 15 is 0 Å². The van der Waals surface area contributed by atoms with Crippen LogP contribution in [0.4, 0.5) is 5.69 Å². The number of hydrogen-bond donors (Lipinski definition) is 1. The van der Waals surface area contributed by atoms with Crippen molar-refractivity contribution in [1.82, 2.24) is 5.32 Å². The number of rotatable bonds is 7. The van der Waals surface area contributed by atoms with Crippen LogP contribution in [-0.4, -0.2) is 20.1 Å². The summed E-state index contributed by atoms with van der Waals surface area (Å²) in [5.74, 6) is 1.36. The number of hydrogen-bond acceptors (Lipinski definition) is 2. The zero-order valence-corrected chi connectivity index (χ0v) is 14.4. The SMILES string of the molecule is CC(C)CNCc1ccc(N(C)CC(C)C)c(Br)c1. The van der Waals surface area contributed by atoms with E-state index in [1.54, 1.807) is 0 Å². The average molecular weight is 327 g/mol. The van der Waals surface area contributed by atoms with Crippen LogP contribution < -0.4 is 10.2 Å². The van der Waals surface area contributed by atoms with Crippen LogP contribution in [0.1, 0.15) is 33.3 Å². The van der Waals surface area contributed by atoms with E-state index in [-0.39, 0.29) is 0 Å². The normalized spacial score (nSPS) is 11.4. The van der Waals surface area contributed by atoms with Gasteiger partial charge in [0, 0.05) is 24.6 Å². The molecule has 108 valence electrons. The largest absolute Gasteiger partial charge is 0.373 e. The molecule has 0 fully saturated rings. The zero-order chi connectivity index (χ0) is 14.4. The van der Waals surface area contributed by atoms with Crippen LogP contribution in [0.25, 0.3) is 0 Å². The molecule has 0 atom stereocenters. The third kappa shape index (κ3) is 5.96. The van der Waals surface area contributed by atoms with Crippen molar-refractivity contribution in [1.29, 1.82) is 0 Å². The molecular formula is C16H27BrN2. The molecule has 1 N–H and O–H groups in total. The van der Waals surface area contributed by atoms with Crippen molar-refractivity contribution < 1.29 is 0 Å². The molecule has 0 aliphatic carbocycles. The smallest absolute Gasteiger partial charge is 0.0508 e. The highest BCUT2D eigenvalue weighted by molar-refractivity contribution is 9.10. The molecule has 3 heteroatoms. The Morgan fingerprint density at radius 2 is 1.84 bits per heavy atom. The van der Waals surface area contributed by atoms with E-state index < -0.39 is 0 Å². The van der Waals surface area contributed by atoms with Crippen molar-refractivity contribution in [3.63, 3.8) is 0 Å². The number of benzene rings is 1. The Bertz CT molecular complexity index is 388. The summed E-state index contributed by atoms with van der Waals surface area (Å²) in [6, 6.07) is 6.64. The first kappa shape index (κ1) is 16.5. The Balaban J connectivity index is 2.63. The van der Waals surface area contributed by atoms with Gasteiger partial charge in [0.05, 0.1) is 5.69 Å². The van der Waals surface area contributed by atoms with E-state index in [4.69, 9.17) is 0 Å². The molecular weight excluding hydrogens is 300 g/mol. The standard InChI is InChI=1S/C16H27BrN2/c1-12(2)9-18-10-14-6-7-16(15(17)8-14)19(5)11-13(3)4/h6-8,12-13,18H,9-11H2,1-5H3. The lowest BCUT2D eigenvalue weighted by Crippen LogP contribution is -2.23. The highest BCUT2D eigenvalue weighted by atomic mass is 79.9. The quantitative estimate of drug-likeness (QED) is 0.804. The Morgan fingerprint density at radius 3 is 2.37 bits per heavy atom. The van der Waals surface area contributed by atoms with Gasteiger partial charge in [-0.05, 0) is 52.0 Å². The third-order valence-corrected chi connectivity index (χ3v) is 3.58. The molecule has 1 aromatic carbocycles. The van der Waals surface area contributed by atoms with E-state index in [9.17, 15) is 0 Å². The topological polar surface area (TPSA) is 15.3 Å². The number of anilines is 1. The minimum absolute atomic E-state index is 0.671. The fourth-order valence-electron chi connectivity index (χ4n) is 2.12. The molecule has 0 aliphatic heterocycles. The molecule has 0 amide bonds. The summed E-state index contributed by atoms with van der Waals surface area (Å²) in [5, 5.41) is 3.47. The van der Waals surface area contributed by atoms with Crippen molar-refractivity contribution in [2.75, 3.05) is 25.0 Å². The van der Waals surface area contributed by atoms with Crippen LogP contribution in [0.5, 0.6) is 0 Å². The average Bonchev–Trinajstić information content (AvgIpc) is 2.27. The van der Waals surface area contributed by atoms with Crippen LogP contribution in [0.15, 0.2) is 22.7 Å². The molecule has 0 aliphatic rings. The monoisotopic (exact) mass is 326 g/mol. The molecule has 0 spiro atoms. The Kier molecular flexibility index (Phi) is 6.87. The maximum absolute atomic E-state index is 3.69.